The second-order valence-electron chi connectivity index (χ2n) is 6.18. The van der Waals surface area contributed by atoms with Gasteiger partial charge in [0.25, 0.3) is 0 Å². The number of hydrogen-bond donors (Lipinski definition) is 1. The summed E-state index contributed by atoms with van der Waals surface area (Å²) in [7, 11) is 0. The van der Waals surface area contributed by atoms with Gasteiger partial charge in [0.05, 0.1) is 5.60 Å². The largest absolute Gasteiger partial charge is 0.374 e. The summed E-state index contributed by atoms with van der Waals surface area (Å²) in [6, 6.07) is 9.21. The smallest absolute Gasteiger partial charge is 0.0783 e. The van der Waals surface area contributed by atoms with Crippen LogP contribution in [0.25, 0.3) is 0 Å². The molecule has 2 saturated heterocycles. The van der Waals surface area contributed by atoms with Gasteiger partial charge < -0.3 is 10.1 Å². The SMILES string of the molecule is CCNC(c1cccc(Br)c1)C1CCOC2(CCSC2)C1. The molecule has 4 heteroatoms. The molecule has 0 saturated carbocycles. The number of rotatable bonds is 4. The normalized spacial score (nSPS) is 30.7. The van der Waals surface area contributed by atoms with Crippen LogP contribution in [0.5, 0.6) is 0 Å². The fourth-order valence-corrected chi connectivity index (χ4v) is 5.49. The lowest BCUT2D eigenvalue weighted by atomic mass is 9.79. The summed E-state index contributed by atoms with van der Waals surface area (Å²) in [5, 5.41) is 3.72. The fraction of sp³-hybridized carbons (Fsp3) is 0.647. The molecule has 2 nitrogen and oxygen atoms in total. The van der Waals surface area contributed by atoms with Crippen LogP contribution in [0.1, 0.15) is 37.8 Å². The van der Waals surface area contributed by atoms with Gasteiger partial charge in [-0.15, -0.1) is 0 Å². The standard InChI is InChI=1S/C17H24BrNOS/c1-2-19-16(13-4-3-5-15(18)10-13)14-6-8-20-17(11-14)7-9-21-12-17/h3-5,10,14,16,19H,2,6-9,11-12H2,1H3. The lowest BCUT2D eigenvalue weighted by Crippen LogP contribution is -2.43. The highest BCUT2D eigenvalue weighted by Crippen LogP contribution is 2.44. The number of halogens is 1. The molecule has 3 rings (SSSR count). The van der Waals surface area contributed by atoms with Crippen molar-refractivity contribution in [3.8, 4) is 0 Å². The summed E-state index contributed by atoms with van der Waals surface area (Å²) in [6.07, 6.45) is 3.59. The summed E-state index contributed by atoms with van der Waals surface area (Å²) >= 11 is 5.66. The van der Waals surface area contributed by atoms with Gasteiger partial charge in [-0.1, -0.05) is 35.0 Å². The number of ether oxygens (including phenoxy) is 1. The van der Waals surface area contributed by atoms with Crippen LogP contribution in [0.2, 0.25) is 0 Å². The Morgan fingerprint density at radius 1 is 1.52 bits per heavy atom. The highest BCUT2D eigenvalue weighted by molar-refractivity contribution is 9.10. The molecule has 3 atom stereocenters. The van der Waals surface area contributed by atoms with Gasteiger partial charge in [0.15, 0.2) is 0 Å². The molecule has 116 valence electrons. The van der Waals surface area contributed by atoms with Crippen LogP contribution in [0, 0.1) is 5.92 Å². The van der Waals surface area contributed by atoms with Crippen molar-refractivity contribution in [2.45, 2.75) is 37.8 Å². The Hall–Kier alpha value is -0.0300. The number of benzene rings is 1. The Kier molecular flexibility index (Phi) is 5.31. The third-order valence-corrected chi connectivity index (χ3v) is 6.42. The lowest BCUT2D eigenvalue weighted by Gasteiger charge is -2.41. The quantitative estimate of drug-likeness (QED) is 0.849. The molecule has 2 fully saturated rings. The maximum absolute atomic E-state index is 6.19. The van der Waals surface area contributed by atoms with E-state index in [0.29, 0.717) is 12.0 Å². The second-order valence-corrected chi connectivity index (χ2v) is 8.20. The maximum atomic E-state index is 6.19. The summed E-state index contributed by atoms with van der Waals surface area (Å²) in [5.41, 5.74) is 1.56. The summed E-state index contributed by atoms with van der Waals surface area (Å²) < 4.78 is 7.35. The summed E-state index contributed by atoms with van der Waals surface area (Å²) in [6.45, 7) is 4.13. The topological polar surface area (TPSA) is 21.3 Å². The Morgan fingerprint density at radius 3 is 3.14 bits per heavy atom. The number of hydrogen-bond acceptors (Lipinski definition) is 3. The van der Waals surface area contributed by atoms with Gasteiger partial charge in [-0.05, 0) is 55.2 Å². The van der Waals surface area contributed by atoms with Crippen LogP contribution in [-0.4, -0.2) is 30.3 Å². The van der Waals surface area contributed by atoms with Crippen LogP contribution in [0.15, 0.2) is 28.7 Å². The molecule has 0 bridgehead atoms. The predicted octanol–water partition coefficient (Wildman–Crippen LogP) is 4.40. The summed E-state index contributed by atoms with van der Waals surface area (Å²) in [5.74, 6) is 3.11. The van der Waals surface area contributed by atoms with Crippen LogP contribution >= 0.6 is 27.7 Å². The van der Waals surface area contributed by atoms with E-state index in [2.05, 4.69) is 64.2 Å². The fourth-order valence-electron chi connectivity index (χ4n) is 3.69. The first-order valence-corrected chi connectivity index (χ1v) is 9.88. The monoisotopic (exact) mass is 369 g/mol. The molecule has 2 heterocycles. The Labute approximate surface area is 140 Å². The van der Waals surface area contributed by atoms with Crippen LogP contribution in [0.3, 0.4) is 0 Å². The van der Waals surface area contributed by atoms with E-state index < -0.39 is 0 Å². The molecule has 1 aromatic rings. The van der Waals surface area contributed by atoms with Crippen molar-refractivity contribution < 1.29 is 4.74 Å². The molecule has 1 N–H and O–H groups in total. The molecule has 0 amide bonds. The number of thioether (sulfide) groups is 1. The summed E-state index contributed by atoms with van der Waals surface area (Å²) in [4.78, 5) is 0. The molecule has 2 aliphatic rings. The van der Waals surface area contributed by atoms with E-state index in [1.165, 1.54) is 34.4 Å². The van der Waals surface area contributed by atoms with E-state index >= 15 is 0 Å². The van der Waals surface area contributed by atoms with Crippen molar-refractivity contribution in [1.82, 2.24) is 5.32 Å². The van der Waals surface area contributed by atoms with Crippen molar-refractivity contribution >= 4 is 27.7 Å². The average Bonchev–Trinajstić information content (AvgIpc) is 2.92. The van der Waals surface area contributed by atoms with Crippen molar-refractivity contribution in [3.05, 3.63) is 34.3 Å². The molecule has 2 aliphatic heterocycles. The van der Waals surface area contributed by atoms with Gasteiger partial charge >= 0.3 is 0 Å². The van der Waals surface area contributed by atoms with Gasteiger partial charge in [-0.2, -0.15) is 11.8 Å². The molecule has 21 heavy (non-hydrogen) atoms. The zero-order chi connectivity index (χ0) is 14.7. The van der Waals surface area contributed by atoms with E-state index in [4.69, 9.17) is 4.74 Å². The van der Waals surface area contributed by atoms with E-state index in [1.54, 1.807) is 0 Å². The van der Waals surface area contributed by atoms with Gasteiger partial charge in [0, 0.05) is 22.9 Å². The first-order valence-electron chi connectivity index (χ1n) is 7.93. The number of nitrogens with one attached hydrogen (secondary N) is 1. The van der Waals surface area contributed by atoms with Crippen molar-refractivity contribution in [2.75, 3.05) is 24.7 Å². The van der Waals surface area contributed by atoms with Crippen molar-refractivity contribution in [2.24, 2.45) is 5.92 Å². The minimum Gasteiger partial charge on any atom is -0.374 e. The Bertz CT molecular complexity index is 476. The van der Waals surface area contributed by atoms with Gasteiger partial charge in [0.2, 0.25) is 0 Å². The minimum atomic E-state index is 0.160. The van der Waals surface area contributed by atoms with E-state index in [1.807, 2.05) is 0 Å². The highest BCUT2D eigenvalue weighted by Gasteiger charge is 2.42. The van der Waals surface area contributed by atoms with Gasteiger partial charge in [-0.25, -0.2) is 0 Å². The molecule has 0 aromatic heterocycles. The molecule has 0 radical (unpaired) electrons. The Balaban J connectivity index is 1.80. The van der Waals surface area contributed by atoms with Crippen molar-refractivity contribution in [3.63, 3.8) is 0 Å². The third-order valence-electron chi connectivity index (χ3n) is 4.70. The van der Waals surface area contributed by atoms with Crippen molar-refractivity contribution in [1.29, 1.82) is 0 Å². The zero-order valence-corrected chi connectivity index (χ0v) is 15.0. The third kappa shape index (κ3) is 3.66. The van der Waals surface area contributed by atoms with E-state index in [0.717, 1.165) is 19.6 Å². The molecular weight excluding hydrogens is 346 g/mol. The maximum Gasteiger partial charge on any atom is 0.0783 e. The van der Waals surface area contributed by atoms with Gasteiger partial charge in [-0.3, -0.25) is 0 Å². The molecule has 0 aliphatic carbocycles. The molecular formula is C17H24BrNOS. The second kappa shape index (κ2) is 7.03. The van der Waals surface area contributed by atoms with Gasteiger partial charge in [0.1, 0.15) is 0 Å². The molecule has 1 aromatic carbocycles. The lowest BCUT2D eigenvalue weighted by molar-refractivity contribution is -0.0853. The first kappa shape index (κ1) is 15.9. The molecule has 1 spiro atoms. The van der Waals surface area contributed by atoms with E-state index in [-0.39, 0.29) is 5.60 Å². The minimum absolute atomic E-state index is 0.160. The van der Waals surface area contributed by atoms with Crippen LogP contribution < -0.4 is 5.32 Å². The average molecular weight is 370 g/mol. The molecule has 3 unspecified atom stereocenters. The van der Waals surface area contributed by atoms with Crippen LogP contribution in [0.4, 0.5) is 0 Å². The highest BCUT2D eigenvalue weighted by atomic mass is 79.9. The van der Waals surface area contributed by atoms with E-state index in [9.17, 15) is 0 Å². The zero-order valence-electron chi connectivity index (χ0n) is 12.6. The predicted molar refractivity (Wildman–Crippen MR) is 93.9 cm³/mol. The first-order chi connectivity index (χ1) is 10.2. The van der Waals surface area contributed by atoms with Crippen LogP contribution in [-0.2, 0) is 4.74 Å². The Morgan fingerprint density at radius 2 is 2.43 bits per heavy atom.